The van der Waals surface area contributed by atoms with E-state index in [0.29, 0.717) is 0 Å². The van der Waals surface area contributed by atoms with Gasteiger partial charge in [0.2, 0.25) is 0 Å². The summed E-state index contributed by atoms with van der Waals surface area (Å²) in [6, 6.07) is 0. The van der Waals surface area contributed by atoms with Crippen molar-refractivity contribution in [3.8, 4) is 0 Å². The standard InChI is InChI=1S/C6H11O/c1-3-6(4-2)5-7/h3H,4-5H2,1-2H3. The molecule has 0 N–H and O–H groups in total. The zero-order valence-corrected chi connectivity index (χ0v) is 4.90. The minimum atomic E-state index is -0.0347. The van der Waals surface area contributed by atoms with E-state index in [1.807, 2.05) is 19.9 Å². The molecule has 0 aliphatic rings. The lowest BCUT2D eigenvalue weighted by atomic mass is 10.2. The second-order valence-electron chi connectivity index (χ2n) is 1.44. The average molecular weight is 99.2 g/mol. The first kappa shape index (κ1) is 6.70. The second kappa shape index (κ2) is 3.88. The van der Waals surface area contributed by atoms with Crippen molar-refractivity contribution < 1.29 is 5.11 Å². The van der Waals surface area contributed by atoms with Crippen molar-refractivity contribution in [3.63, 3.8) is 0 Å². The summed E-state index contributed by atoms with van der Waals surface area (Å²) < 4.78 is 0. The van der Waals surface area contributed by atoms with Crippen LogP contribution < -0.4 is 0 Å². The average Bonchev–Trinajstić information content (AvgIpc) is 1.72. The highest BCUT2D eigenvalue weighted by atomic mass is 16.3. The Morgan fingerprint density at radius 2 is 2.29 bits per heavy atom. The van der Waals surface area contributed by atoms with Crippen molar-refractivity contribution in [3.05, 3.63) is 11.6 Å². The number of allylic oxidation sites excluding steroid dienone is 1. The Morgan fingerprint density at radius 3 is 2.29 bits per heavy atom. The third-order valence-corrected chi connectivity index (χ3v) is 1.05. The zero-order chi connectivity index (χ0) is 5.70. The molecule has 0 saturated carbocycles. The molecule has 1 radical (unpaired) electrons. The minimum Gasteiger partial charge on any atom is -0.232 e. The molecule has 1 nitrogen and oxygen atoms in total. The van der Waals surface area contributed by atoms with Crippen LogP contribution in [-0.4, -0.2) is 6.61 Å². The summed E-state index contributed by atoms with van der Waals surface area (Å²) in [5.74, 6) is 0. The number of hydrogen-bond donors (Lipinski definition) is 0. The summed E-state index contributed by atoms with van der Waals surface area (Å²) in [4.78, 5) is 0. The molecule has 0 aromatic heterocycles. The van der Waals surface area contributed by atoms with Gasteiger partial charge in [0.05, 0.1) is 0 Å². The summed E-state index contributed by atoms with van der Waals surface area (Å²) in [6.07, 6.45) is 2.78. The Kier molecular flexibility index (Phi) is 3.71. The van der Waals surface area contributed by atoms with Gasteiger partial charge in [-0.15, -0.1) is 0 Å². The van der Waals surface area contributed by atoms with E-state index in [2.05, 4.69) is 0 Å². The summed E-state index contributed by atoms with van der Waals surface area (Å²) >= 11 is 0. The zero-order valence-electron chi connectivity index (χ0n) is 4.90. The molecule has 0 atom stereocenters. The van der Waals surface area contributed by atoms with Crippen LogP contribution in [0.3, 0.4) is 0 Å². The Bertz CT molecular complexity index is 58.6. The molecule has 0 unspecified atom stereocenters. The van der Waals surface area contributed by atoms with E-state index >= 15 is 0 Å². The molecule has 0 amide bonds. The van der Waals surface area contributed by atoms with Crippen LogP contribution in [0.2, 0.25) is 0 Å². The molecule has 0 rings (SSSR count). The predicted molar refractivity (Wildman–Crippen MR) is 29.6 cm³/mol. The van der Waals surface area contributed by atoms with Crippen LogP contribution >= 0.6 is 0 Å². The Morgan fingerprint density at radius 1 is 1.71 bits per heavy atom. The van der Waals surface area contributed by atoms with Gasteiger partial charge in [-0.25, -0.2) is 5.11 Å². The smallest absolute Gasteiger partial charge is 0.103 e. The highest BCUT2D eigenvalue weighted by Crippen LogP contribution is 1.95. The molecular weight excluding hydrogens is 88.1 g/mol. The third-order valence-electron chi connectivity index (χ3n) is 1.05. The van der Waals surface area contributed by atoms with Gasteiger partial charge in [-0.05, 0) is 18.9 Å². The van der Waals surface area contributed by atoms with Crippen molar-refractivity contribution in [1.29, 1.82) is 0 Å². The molecule has 41 valence electrons. The Hall–Kier alpha value is -0.300. The normalized spacial score (nSPS) is 12.1. The summed E-state index contributed by atoms with van der Waals surface area (Å²) in [5, 5.41) is 10.0. The van der Waals surface area contributed by atoms with Crippen LogP contribution in [-0.2, 0) is 5.11 Å². The molecule has 0 aromatic carbocycles. The molecule has 1 heteroatoms. The van der Waals surface area contributed by atoms with E-state index < -0.39 is 0 Å². The minimum absolute atomic E-state index is 0.0347. The van der Waals surface area contributed by atoms with Crippen LogP contribution in [0.4, 0.5) is 0 Å². The first-order valence-corrected chi connectivity index (χ1v) is 2.57. The highest BCUT2D eigenvalue weighted by molar-refractivity contribution is 4.98. The van der Waals surface area contributed by atoms with Crippen LogP contribution in [0.15, 0.2) is 11.6 Å². The van der Waals surface area contributed by atoms with Crippen LogP contribution in [0, 0.1) is 0 Å². The van der Waals surface area contributed by atoms with Crippen molar-refractivity contribution in [2.75, 3.05) is 6.61 Å². The van der Waals surface area contributed by atoms with Gasteiger partial charge >= 0.3 is 0 Å². The topological polar surface area (TPSA) is 19.9 Å². The van der Waals surface area contributed by atoms with Gasteiger partial charge in [0.25, 0.3) is 0 Å². The van der Waals surface area contributed by atoms with Crippen LogP contribution in [0.25, 0.3) is 0 Å². The maximum Gasteiger partial charge on any atom is 0.103 e. The molecule has 0 fully saturated rings. The van der Waals surface area contributed by atoms with Crippen LogP contribution in [0.5, 0.6) is 0 Å². The van der Waals surface area contributed by atoms with Crippen molar-refractivity contribution in [2.45, 2.75) is 20.3 Å². The van der Waals surface area contributed by atoms with Gasteiger partial charge in [0.1, 0.15) is 6.61 Å². The van der Waals surface area contributed by atoms with Crippen molar-refractivity contribution >= 4 is 0 Å². The first-order valence-electron chi connectivity index (χ1n) is 2.57. The summed E-state index contributed by atoms with van der Waals surface area (Å²) in [6.45, 7) is 3.86. The van der Waals surface area contributed by atoms with Gasteiger partial charge in [-0.3, -0.25) is 0 Å². The Labute approximate surface area is 44.7 Å². The van der Waals surface area contributed by atoms with E-state index in [1.54, 1.807) is 0 Å². The largest absolute Gasteiger partial charge is 0.232 e. The fourth-order valence-electron chi connectivity index (χ4n) is 0.390. The van der Waals surface area contributed by atoms with E-state index in [-0.39, 0.29) is 6.61 Å². The van der Waals surface area contributed by atoms with E-state index in [1.165, 1.54) is 0 Å². The van der Waals surface area contributed by atoms with Crippen LogP contribution in [0.1, 0.15) is 20.3 Å². The third kappa shape index (κ3) is 2.40. The Balaban J connectivity index is 3.38. The first-order chi connectivity index (χ1) is 3.35. The summed E-state index contributed by atoms with van der Waals surface area (Å²) in [7, 11) is 0. The molecule has 0 heterocycles. The predicted octanol–water partition coefficient (Wildman–Crippen LogP) is 1.77. The van der Waals surface area contributed by atoms with Crippen molar-refractivity contribution in [2.24, 2.45) is 0 Å². The van der Waals surface area contributed by atoms with Gasteiger partial charge in [0.15, 0.2) is 0 Å². The molecule has 0 saturated heterocycles. The molecule has 7 heavy (non-hydrogen) atoms. The second-order valence-corrected chi connectivity index (χ2v) is 1.44. The fourth-order valence-corrected chi connectivity index (χ4v) is 0.390. The lowest BCUT2D eigenvalue weighted by Crippen LogP contribution is -1.83. The van der Waals surface area contributed by atoms with E-state index in [0.717, 1.165) is 12.0 Å². The number of rotatable bonds is 2. The van der Waals surface area contributed by atoms with Crippen molar-refractivity contribution in [1.82, 2.24) is 0 Å². The lowest BCUT2D eigenvalue weighted by Gasteiger charge is -1.90. The maximum absolute atomic E-state index is 10.0. The van der Waals surface area contributed by atoms with E-state index in [9.17, 15) is 5.11 Å². The lowest BCUT2D eigenvalue weighted by molar-refractivity contribution is 0.220. The molecule has 0 aliphatic heterocycles. The van der Waals surface area contributed by atoms with Gasteiger partial charge in [-0.1, -0.05) is 13.0 Å². The quantitative estimate of drug-likeness (QED) is 0.470. The summed E-state index contributed by atoms with van der Waals surface area (Å²) in [5.41, 5.74) is 1.00. The maximum atomic E-state index is 10.0. The molecule has 0 spiro atoms. The number of hydrogen-bond acceptors (Lipinski definition) is 0. The monoisotopic (exact) mass is 99.1 g/mol. The highest BCUT2D eigenvalue weighted by Gasteiger charge is 1.85. The molecule has 0 bridgehead atoms. The SMILES string of the molecule is CC=C(CC)C[O]. The molecular formula is C6H11O. The van der Waals surface area contributed by atoms with Gasteiger partial charge in [0, 0.05) is 0 Å². The molecule has 0 aliphatic carbocycles. The van der Waals surface area contributed by atoms with Gasteiger partial charge < -0.3 is 0 Å². The fraction of sp³-hybridized carbons (Fsp3) is 0.667. The molecule has 0 aromatic rings. The van der Waals surface area contributed by atoms with E-state index in [4.69, 9.17) is 0 Å². The van der Waals surface area contributed by atoms with Gasteiger partial charge in [-0.2, -0.15) is 0 Å².